The smallest absolute Gasteiger partial charge is 0.225 e. The molecule has 0 N–H and O–H groups in total. The fourth-order valence-electron chi connectivity index (χ4n) is 4.01. The average molecular weight is 343 g/mol. The van der Waals surface area contributed by atoms with Gasteiger partial charge in [-0.3, -0.25) is 4.79 Å². The summed E-state index contributed by atoms with van der Waals surface area (Å²) in [4.78, 5) is 14.5. The molecule has 1 aromatic carbocycles. The molecule has 24 heavy (non-hydrogen) atoms. The molecule has 0 radical (unpaired) electrons. The molecule has 0 unspecified atom stereocenters. The molecule has 1 saturated heterocycles. The van der Waals surface area contributed by atoms with Gasteiger partial charge < -0.3 is 9.32 Å². The highest BCUT2D eigenvalue weighted by Gasteiger charge is 2.52. The molecule has 1 aliphatic carbocycles. The predicted molar refractivity (Wildman–Crippen MR) is 87.2 cm³/mol. The Bertz CT molecular complexity index is 928. The highest BCUT2D eigenvalue weighted by atomic mass is 32.2. The minimum Gasteiger partial charge on any atom is -0.464 e. The van der Waals surface area contributed by atoms with Crippen LogP contribution in [-0.2, 0) is 14.6 Å². The first kappa shape index (κ1) is 14.3. The molecule has 2 fully saturated rings. The lowest BCUT2D eigenvalue weighted by atomic mass is 9.96. The number of rotatable bonds is 2. The van der Waals surface area contributed by atoms with Gasteiger partial charge in [0.2, 0.25) is 5.91 Å². The fraction of sp³-hybridized carbons (Fsp3) is 0.389. The van der Waals surface area contributed by atoms with E-state index in [2.05, 4.69) is 0 Å². The van der Waals surface area contributed by atoms with E-state index in [1.165, 1.54) is 0 Å². The lowest BCUT2D eigenvalue weighted by molar-refractivity contribution is -0.131. The Kier molecular flexibility index (Phi) is 2.81. The van der Waals surface area contributed by atoms with Gasteiger partial charge in [-0.05, 0) is 48.7 Å². The Labute approximate surface area is 140 Å². The maximum Gasteiger partial charge on any atom is 0.225 e. The predicted octanol–water partition coefficient (Wildman–Crippen LogP) is 2.44. The molecule has 5 rings (SSSR count). The molecule has 0 spiro atoms. The second kappa shape index (κ2) is 4.72. The Balaban J connectivity index is 1.56. The van der Waals surface area contributed by atoms with Crippen molar-refractivity contribution in [1.29, 1.82) is 0 Å². The summed E-state index contributed by atoms with van der Waals surface area (Å²) in [5.74, 6) is 0.856. The summed E-state index contributed by atoms with van der Waals surface area (Å²) in [6.45, 7) is 0.834. The zero-order chi connectivity index (χ0) is 16.5. The van der Waals surface area contributed by atoms with E-state index in [-0.39, 0.29) is 17.7 Å². The molecule has 2 aromatic rings. The monoisotopic (exact) mass is 343 g/mol. The average Bonchev–Trinajstić information content (AvgIpc) is 3.04. The van der Waals surface area contributed by atoms with Gasteiger partial charge >= 0.3 is 0 Å². The number of furan rings is 1. The minimum absolute atomic E-state index is 0.123. The van der Waals surface area contributed by atoms with Crippen molar-refractivity contribution >= 4 is 15.7 Å². The third-order valence-corrected chi connectivity index (χ3v) is 7.68. The van der Waals surface area contributed by atoms with E-state index < -0.39 is 15.1 Å². The highest BCUT2D eigenvalue weighted by molar-refractivity contribution is 7.92. The number of amides is 1. The zero-order valence-corrected chi connectivity index (χ0v) is 13.8. The topological polar surface area (TPSA) is 67.6 Å². The molecule has 3 aliphatic rings. The van der Waals surface area contributed by atoms with E-state index in [4.69, 9.17) is 4.42 Å². The number of fused-ring (bicyclic) bond motifs is 3. The molecular weight excluding hydrogens is 326 g/mol. The molecule has 2 atom stereocenters. The molecule has 0 bridgehead atoms. The molecule has 1 saturated carbocycles. The number of carbonyl (C=O) groups excluding carboxylic acids is 1. The van der Waals surface area contributed by atoms with Crippen LogP contribution < -0.4 is 0 Å². The van der Waals surface area contributed by atoms with E-state index in [0.717, 1.165) is 29.7 Å². The third kappa shape index (κ3) is 1.92. The summed E-state index contributed by atoms with van der Waals surface area (Å²) in [5.41, 5.74) is 1.71. The van der Waals surface area contributed by atoms with Crippen LogP contribution in [0, 0.1) is 5.92 Å². The normalized spacial score (nSPS) is 27.1. The van der Waals surface area contributed by atoms with E-state index >= 15 is 0 Å². The Morgan fingerprint density at radius 2 is 2.00 bits per heavy atom. The number of benzene rings is 1. The Morgan fingerprint density at radius 1 is 1.17 bits per heavy atom. The van der Waals surface area contributed by atoms with Gasteiger partial charge in [-0.2, -0.15) is 0 Å². The maximum absolute atomic E-state index is 12.9. The SMILES string of the molecule is O=C(C1CC1)N1C[C@H]2c3cc(-c4ccco4)ccc3S(=O)(=O)[C@H]2C1. The van der Waals surface area contributed by atoms with Gasteiger partial charge in [0, 0.05) is 30.5 Å². The van der Waals surface area contributed by atoms with Gasteiger partial charge in [-0.25, -0.2) is 8.42 Å². The first-order chi connectivity index (χ1) is 11.6. The summed E-state index contributed by atoms with van der Waals surface area (Å²) in [6, 6.07) is 9.08. The van der Waals surface area contributed by atoms with Crippen LogP contribution in [0.25, 0.3) is 11.3 Å². The van der Waals surface area contributed by atoms with Crippen molar-refractivity contribution in [2.24, 2.45) is 5.92 Å². The summed E-state index contributed by atoms with van der Waals surface area (Å²) >= 11 is 0. The molecule has 5 nitrogen and oxygen atoms in total. The van der Waals surface area contributed by atoms with Crippen LogP contribution in [0.4, 0.5) is 0 Å². The molecule has 124 valence electrons. The van der Waals surface area contributed by atoms with Crippen molar-refractivity contribution in [3.63, 3.8) is 0 Å². The van der Waals surface area contributed by atoms with Crippen molar-refractivity contribution in [3.8, 4) is 11.3 Å². The second-order valence-electron chi connectivity index (χ2n) is 6.94. The number of hydrogen-bond donors (Lipinski definition) is 0. The van der Waals surface area contributed by atoms with Crippen molar-refractivity contribution in [2.75, 3.05) is 13.1 Å². The van der Waals surface area contributed by atoms with E-state index in [0.29, 0.717) is 18.0 Å². The number of nitrogens with zero attached hydrogens (tertiary/aromatic N) is 1. The number of sulfone groups is 1. The van der Waals surface area contributed by atoms with Crippen LogP contribution in [0.2, 0.25) is 0 Å². The van der Waals surface area contributed by atoms with E-state index in [9.17, 15) is 13.2 Å². The first-order valence-electron chi connectivity index (χ1n) is 8.26. The zero-order valence-electron chi connectivity index (χ0n) is 13.0. The molecule has 3 heterocycles. The molecular formula is C18H17NO4S. The number of hydrogen-bond acceptors (Lipinski definition) is 4. The summed E-state index contributed by atoms with van der Waals surface area (Å²) in [7, 11) is -3.36. The van der Waals surface area contributed by atoms with Crippen LogP contribution in [0.5, 0.6) is 0 Å². The first-order valence-corrected chi connectivity index (χ1v) is 9.81. The molecule has 1 aromatic heterocycles. The Morgan fingerprint density at radius 3 is 2.71 bits per heavy atom. The van der Waals surface area contributed by atoms with Crippen molar-refractivity contribution in [2.45, 2.75) is 28.9 Å². The van der Waals surface area contributed by atoms with E-state index in [1.807, 2.05) is 18.2 Å². The second-order valence-corrected chi connectivity index (χ2v) is 9.07. The number of likely N-dealkylation sites (tertiary alicyclic amines) is 1. The van der Waals surface area contributed by atoms with Gasteiger partial charge in [-0.1, -0.05) is 0 Å². The van der Waals surface area contributed by atoms with Gasteiger partial charge in [0.1, 0.15) is 5.76 Å². The van der Waals surface area contributed by atoms with Crippen LogP contribution in [0.15, 0.2) is 45.9 Å². The largest absolute Gasteiger partial charge is 0.464 e. The molecule has 6 heteroatoms. The van der Waals surface area contributed by atoms with Crippen LogP contribution >= 0.6 is 0 Å². The fourth-order valence-corrected chi connectivity index (χ4v) is 6.18. The summed E-state index contributed by atoms with van der Waals surface area (Å²) < 4.78 is 31.1. The third-order valence-electron chi connectivity index (χ3n) is 5.42. The maximum atomic E-state index is 12.9. The van der Waals surface area contributed by atoms with Gasteiger partial charge in [-0.15, -0.1) is 0 Å². The lowest BCUT2D eigenvalue weighted by Gasteiger charge is -2.17. The van der Waals surface area contributed by atoms with Crippen LogP contribution in [-0.4, -0.2) is 37.6 Å². The quantitative estimate of drug-likeness (QED) is 0.840. The van der Waals surface area contributed by atoms with Crippen molar-refractivity contribution in [1.82, 2.24) is 4.90 Å². The van der Waals surface area contributed by atoms with Gasteiger partial charge in [0.05, 0.1) is 16.4 Å². The van der Waals surface area contributed by atoms with E-state index in [1.54, 1.807) is 23.3 Å². The molecule has 2 aliphatic heterocycles. The van der Waals surface area contributed by atoms with Crippen LogP contribution in [0.1, 0.15) is 24.3 Å². The number of carbonyl (C=O) groups is 1. The lowest BCUT2D eigenvalue weighted by Crippen LogP contribution is -2.32. The van der Waals surface area contributed by atoms with Gasteiger partial charge in [0.25, 0.3) is 0 Å². The van der Waals surface area contributed by atoms with Crippen molar-refractivity contribution < 1.29 is 17.6 Å². The standard InChI is InChI=1S/C18H17NO4S/c20-18(11-3-4-11)19-9-14-13-8-12(15-2-1-7-23-15)5-6-16(13)24(21,22)17(14)10-19/h1-2,5-8,11,14,17H,3-4,9-10H2/t14-,17-/m0/s1. The minimum atomic E-state index is -3.36. The highest BCUT2D eigenvalue weighted by Crippen LogP contribution is 2.47. The van der Waals surface area contributed by atoms with Crippen molar-refractivity contribution in [3.05, 3.63) is 42.2 Å². The molecule has 1 amide bonds. The summed E-state index contributed by atoms with van der Waals surface area (Å²) in [6.07, 6.45) is 3.49. The summed E-state index contributed by atoms with van der Waals surface area (Å²) in [5, 5.41) is -0.498. The van der Waals surface area contributed by atoms with Gasteiger partial charge in [0.15, 0.2) is 9.84 Å². The van der Waals surface area contributed by atoms with Crippen LogP contribution in [0.3, 0.4) is 0 Å². The Hall–Kier alpha value is -2.08.